The maximum Gasteiger partial charge on any atom is 0.410 e. The van der Waals surface area contributed by atoms with Crippen molar-refractivity contribution < 1.29 is 14.3 Å². The van der Waals surface area contributed by atoms with Crippen molar-refractivity contribution in [3.8, 4) is 0 Å². The molecule has 0 spiro atoms. The SMILES string of the molecule is CC1CN(C(=O)OC(C)(C)C)CCN(CCCN2CCCCC2)C1=O. The molecule has 0 aromatic heterocycles. The van der Waals surface area contributed by atoms with E-state index in [2.05, 4.69) is 4.90 Å². The molecule has 2 fully saturated rings. The van der Waals surface area contributed by atoms with Crippen molar-refractivity contribution in [2.75, 3.05) is 45.8 Å². The maximum absolute atomic E-state index is 12.6. The number of hydrogen-bond donors (Lipinski definition) is 0. The third-order valence-electron chi connectivity index (χ3n) is 4.87. The molecule has 0 saturated carbocycles. The smallest absolute Gasteiger partial charge is 0.410 e. The fraction of sp³-hybridized carbons (Fsp3) is 0.895. The van der Waals surface area contributed by atoms with Crippen molar-refractivity contribution in [3.63, 3.8) is 0 Å². The molecule has 0 radical (unpaired) electrons. The molecule has 2 aliphatic heterocycles. The van der Waals surface area contributed by atoms with E-state index in [9.17, 15) is 9.59 Å². The second-order valence-electron chi connectivity index (χ2n) is 8.41. The van der Waals surface area contributed by atoms with E-state index < -0.39 is 5.60 Å². The van der Waals surface area contributed by atoms with Crippen LogP contribution < -0.4 is 0 Å². The fourth-order valence-electron chi connectivity index (χ4n) is 3.55. The van der Waals surface area contributed by atoms with Gasteiger partial charge in [-0.2, -0.15) is 0 Å². The van der Waals surface area contributed by atoms with Gasteiger partial charge >= 0.3 is 6.09 Å². The summed E-state index contributed by atoms with van der Waals surface area (Å²) in [5, 5.41) is 0. The summed E-state index contributed by atoms with van der Waals surface area (Å²) in [6, 6.07) is 0. The number of amides is 2. The van der Waals surface area contributed by atoms with Crippen LogP contribution in [0.1, 0.15) is 53.4 Å². The van der Waals surface area contributed by atoms with E-state index in [1.165, 1.54) is 32.4 Å². The van der Waals surface area contributed by atoms with Crippen molar-refractivity contribution in [2.45, 2.75) is 59.0 Å². The highest BCUT2D eigenvalue weighted by molar-refractivity contribution is 5.80. The van der Waals surface area contributed by atoms with Crippen molar-refractivity contribution in [1.82, 2.24) is 14.7 Å². The van der Waals surface area contributed by atoms with Crippen LogP contribution >= 0.6 is 0 Å². The van der Waals surface area contributed by atoms with Crippen LogP contribution in [-0.4, -0.2) is 78.1 Å². The Kier molecular flexibility index (Phi) is 7.11. The van der Waals surface area contributed by atoms with Gasteiger partial charge in [-0.3, -0.25) is 4.79 Å². The summed E-state index contributed by atoms with van der Waals surface area (Å²) < 4.78 is 5.46. The average molecular weight is 354 g/mol. The third-order valence-corrected chi connectivity index (χ3v) is 4.87. The van der Waals surface area contributed by atoms with Crippen molar-refractivity contribution >= 4 is 12.0 Å². The quantitative estimate of drug-likeness (QED) is 0.779. The number of hydrogen-bond acceptors (Lipinski definition) is 4. The monoisotopic (exact) mass is 353 g/mol. The molecule has 2 aliphatic rings. The number of carbonyl (C=O) groups is 2. The minimum absolute atomic E-state index is 0.157. The number of likely N-dealkylation sites (tertiary alicyclic amines) is 1. The number of nitrogens with zero attached hydrogens (tertiary/aromatic N) is 3. The molecule has 2 amide bonds. The Hall–Kier alpha value is -1.30. The fourth-order valence-corrected chi connectivity index (χ4v) is 3.55. The van der Waals surface area contributed by atoms with Crippen LogP contribution in [0.15, 0.2) is 0 Å². The first kappa shape index (κ1) is 20.0. The van der Waals surface area contributed by atoms with E-state index in [1.807, 2.05) is 32.6 Å². The predicted octanol–water partition coefficient (Wildman–Crippen LogP) is 2.58. The van der Waals surface area contributed by atoms with Crippen LogP contribution in [0.5, 0.6) is 0 Å². The number of carbonyl (C=O) groups excluding carboxylic acids is 2. The Morgan fingerprint density at radius 1 is 1.08 bits per heavy atom. The second-order valence-corrected chi connectivity index (χ2v) is 8.41. The minimum Gasteiger partial charge on any atom is -0.444 e. The lowest BCUT2D eigenvalue weighted by atomic mass is 10.1. The molecule has 0 aliphatic carbocycles. The number of ether oxygens (including phenoxy) is 1. The molecule has 0 aromatic carbocycles. The lowest BCUT2D eigenvalue weighted by Crippen LogP contribution is -2.40. The van der Waals surface area contributed by atoms with Crippen molar-refractivity contribution in [3.05, 3.63) is 0 Å². The highest BCUT2D eigenvalue weighted by Gasteiger charge is 2.31. The van der Waals surface area contributed by atoms with Crippen LogP contribution in [0.4, 0.5) is 4.79 Å². The van der Waals surface area contributed by atoms with Gasteiger partial charge in [0.2, 0.25) is 5.91 Å². The highest BCUT2D eigenvalue weighted by atomic mass is 16.6. The largest absolute Gasteiger partial charge is 0.444 e. The Bertz CT molecular complexity index is 455. The lowest BCUT2D eigenvalue weighted by molar-refractivity contribution is -0.134. The van der Waals surface area contributed by atoms with Crippen LogP contribution in [0.2, 0.25) is 0 Å². The van der Waals surface area contributed by atoms with Gasteiger partial charge in [0.05, 0.1) is 5.92 Å². The van der Waals surface area contributed by atoms with Crippen LogP contribution in [0.3, 0.4) is 0 Å². The summed E-state index contributed by atoms with van der Waals surface area (Å²) >= 11 is 0. The standard InChI is InChI=1S/C19H35N3O3/c1-16-15-22(18(24)25-19(2,3)4)14-13-21(17(16)23)12-8-11-20-9-6-5-7-10-20/h16H,5-15H2,1-4H3. The van der Waals surface area contributed by atoms with E-state index in [0.717, 1.165) is 19.5 Å². The summed E-state index contributed by atoms with van der Waals surface area (Å²) in [6.07, 6.45) is 4.63. The molecular formula is C19H35N3O3. The molecule has 25 heavy (non-hydrogen) atoms. The van der Waals surface area contributed by atoms with Crippen LogP contribution in [0, 0.1) is 5.92 Å². The van der Waals surface area contributed by atoms with Crippen LogP contribution in [0.25, 0.3) is 0 Å². The first-order chi connectivity index (χ1) is 11.8. The maximum atomic E-state index is 12.6. The van der Waals surface area contributed by atoms with Gasteiger partial charge in [0.25, 0.3) is 0 Å². The number of rotatable bonds is 4. The van der Waals surface area contributed by atoms with E-state index in [1.54, 1.807) is 4.90 Å². The number of piperidine rings is 1. The topological polar surface area (TPSA) is 53.1 Å². The Balaban J connectivity index is 1.82. The molecule has 144 valence electrons. The molecule has 6 nitrogen and oxygen atoms in total. The molecule has 6 heteroatoms. The highest BCUT2D eigenvalue weighted by Crippen LogP contribution is 2.16. The van der Waals surface area contributed by atoms with Gasteiger partial charge in [-0.05, 0) is 59.7 Å². The molecular weight excluding hydrogens is 318 g/mol. The van der Waals surface area contributed by atoms with Gasteiger partial charge in [-0.25, -0.2) is 4.79 Å². The van der Waals surface area contributed by atoms with Crippen LogP contribution in [-0.2, 0) is 9.53 Å². The van der Waals surface area contributed by atoms with Gasteiger partial charge in [-0.1, -0.05) is 13.3 Å². The molecule has 0 aromatic rings. The second kappa shape index (κ2) is 8.88. The molecule has 0 N–H and O–H groups in total. The summed E-state index contributed by atoms with van der Waals surface area (Å²) in [5.74, 6) is -0.0188. The van der Waals surface area contributed by atoms with Crippen molar-refractivity contribution in [2.24, 2.45) is 5.92 Å². The van der Waals surface area contributed by atoms with E-state index in [0.29, 0.717) is 19.6 Å². The Labute approximate surface area is 152 Å². The molecule has 2 heterocycles. The molecule has 0 bridgehead atoms. The third kappa shape index (κ3) is 6.49. The van der Waals surface area contributed by atoms with E-state index in [-0.39, 0.29) is 17.9 Å². The van der Waals surface area contributed by atoms with Gasteiger partial charge < -0.3 is 19.4 Å². The summed E-state index contributed by atoms with van der Waals surface area (Å²) in [7, 11) is 0. The summed E-state index contributed by atoms with van der Waals surface area (Å²) in [4.78, 5) is 31.0. The summed E-state index contributed by atoms with van der Waals surface area (Å²) in [5.41, 5.74) is -0.509. The van der Waals surface area contributed by atoms with Gasteiger partial charge in [-0.15, -0.1) is 0 Å². The predicted molar refractivity (Wildman–Crippen MR) is 98.5 cm³/mol. The molecule has 1 unspecified atom stereocenters. The first-order valence-corrected chi connectivity index (χ1v) is 9.75. The molecule has 2 rings (SSSR count). The first-order valence-electron chi connectivity index (χ1n) is 9.75. The average Bonchev–Trinajstić information content (AvgIpc) is 2.68. The van der Waals surface area contributed by atoms with Gasteiger partial charge in [0.15, 0.2) is 0 Å². The molecule has 2 saturated heterocycles. The zero-order valence-corrected chi connectivity index (χ0v) is 16.4. The van der Waals surface area contributed by atoms with E-state index >= 15 is 0 Å². The van der Waals surface area contributed by atoms with Gasteiger partial charge in [0.1, 0.15) is 5.60 Å². The molecule has 1 atom stereocenters. The van der Waals surface area contributed by atoms with Crippen molar-refractivity contribution in [1.29, 1.82) is 0 Å². The Morgan fingerprint density at radius 3 is 2.40 bits per heavy atom. The van der Waals surface area contributed by atoms with E-state index in [4.69, 9.17) is 4.74 Å². The summed E-state index contributed by atoms with van der Waals surface area (Å²) in [6.45, 7) is 13.3. The Morgan fingerprint density at radius 2 is 1.76 bits per heavy atom. The zero-order valence-electron chi connectivity index (χ0n) is 16.4. The zero-order chi connectivity index (χ0) is 18.4. The minimum atomic E-state index is -0.509. The lowest BCUT2D eigenvalue weighted by Gasteiger charge is -2.28. The normalized spacial score (nSPS) is 23.5. The van der Waals surface area contributed by atoms with Gasteiger partial charge in [0, 0.05) is 26.2 Å².